The Morgan fingerprint density at radius 2 is 1.13 bits per heavy atom. The van der Waals surface area contributed by atoms with Gasteiger partial charge in [0, 0.05) is 7.05 Å². The number of hydrogen-bond donors (Lipinski definition) is 0. The molecule has 1 aromatic rings. The molecule has 0 saturated heterocycles. The van der Waals surface area contributed by atoms with Crippen LogP contribution in [-0.4, -0.2) is 31.1 Å². The van der Waals surface area contributed by atoms with E-state index in [1.807, 2.05) is 0 Å². The zero-order valence-electron chi connectivity index (χ0n) is 11.1. The van der Waals surface area contributed by atoms with Crippen LogP contribution in [0.15, 0.2) is 24.3 Å². The highest BCUT2D eigenvalue weighted by molar-refractivity contribution is 5.80. The third-order valence-electron chi connectivity index (χ3n) is 3.30. The molecule has 0 amide bonds. The van der Waals surface area contributed by atoms with Gasteiger partial charge in [-0.1, -0.05) is 12.1 Å². The Balaban J connectivity index is 2.80. The van der Waals surface area contributed by atoms with E-state index in [1.165, 1.54) is 12.7 Å². The van der Waals surface area contributed by atoms with Crippen LogP contribution in [-0.2, 0) is 0 Å². The first-order chi connectivity index (χ1) is 10.2. The molecule has 0 N–H and O–H groups in total. The van der Waals surface area contributed by atoms with Gasteiger partial charge in [-0.05, 0) is 12.1 Å². The van der Waals surface area contributed by atoms with Crippen LogP contribution in [0.1, 0.15) is 0 Å². The smallest absolute Gasteiger partial charge is 0.343 e. The van der Waals surface area contributed by atoms with Crippen LogP contribution >= 0.6 is 0 Å². The maximum atomic E-state index is 13.1. The summed E-state index contributed by atoms with van der Waals surface area (Å²) in [7, 11) is 0.993. The average Bonchev–Trinajstić information content (AvgIpc) is 2.63. The molecule has 23 heavy (non-hydrogen) atoms. The number of fused-ring (bicyclic) bond motifs is 1. The molecule has 128 valence electrons. The van der Waals surface area contributed by atoms with Crippen LogP contribution in [0.4, 0.5) is 50.9 Å². The van der Waals surface area contributed by atoms with Gasteiger partial charge in [0.25, 0.3) is 0 Å². The summed E-state index contributed by atoms with van der Waals surface area (Å²) >= 11 is 0. The molecule has 1 aliphatic heterocycles. The second-order valence-electron chi connectivity index (χ2n) is 4.69. The van der Waals surface area contributed by atoms with Crippen molar-refractivity contribution in [3.63, 3.8) is 0 Å². The van der Waals surface area contributed by atoms with Gasteiger partial charge < -0.3 is 9.80 Å². The van der Waals surface area contributed by atoms with E-state index >= 15 is 0 Å². The lowest BCUT2D eigenvalue weighted by Gasteiger charge is -2.44. The quantitative estimate of drug-likeness (QED) is 0.695. The Morgan fingerprint density at radius 1 is 0.739 bits per heavy atom. The van der Waals surface area contributed by atoms with Crippen molar-refractivity contribution >= 4 is 11.4 Å². The summed E-state index contributed by atoms with van der Waals surface area (Å²) in [5.74, 6) is 0. The minimum atomic E-state index is -6.69. The lowest BCUT2D eigenvalue weighted by molar-refractivity contribution is -0.378. The molecule has 0 aliphatic carbocycles. The highest BCUT2D eigenvalue weighted by Gasteiger charge is 2.87. The van der Waals surface area contributed by atoms with E-state index in [-0.39, 0.29) is 5.69 Å². The lowest BCUT2D eigenvalue weighted by atomic mass is 9.94. The van der Waals surface area contributed by atoms with Gasteiger partial charge in [0.05, 0.1) is 11.4 Å². The van der Waals surface area contributed by atoms with E-state index in [1.54, 1.807) is 0 Å². The van der Waals surface area contributed by atoms with E-state index in [2.05, 4.69) is 0 Å². The van der Waals surface area contributed by atoms with Crippen molar-refractivity contribution in [2.75, 3.05) is 16.8 Å². The van der Waals surface area contributed by atoms with Gasteiger partial charge >= 0.3 is 24.1 Å². The summed E-state index contributed by atoms with van der Waals surface area (Å²) in [6.45, 7) is 1.49. The molecule has 1 aliphatic rings. The third kappa shape index (κ3) is 2.27. The number of hydrogen-bond acceptors (Lipinski definition) is 2. The number of benzene rings is 1. The van der Waals surface area contributed by atoms with E-state index in [4.69, 9.17) is 0 Å². The molecule has 0 unspecified atom stereocenters. The molecule has 1 aromatic carbocycles. The van der Waals surface area contributed by atoms with Crippen molar-refractivity contribution < 1.29 is 39.5 Å². The summed E-state index contributed by atoms with van der Waals surface area (Å²) in [6, 6.07) is 4.09. The average molecular weight is 350 g/mol. The van der Waals surface area contributed by atoms with Crippen molar-refractivity contribution in [2.24, 2.45) is 0 Å². The fourth-order valence-corrected chi connectivity index (χ4v) is 2.31. The Morgan fingerprint density at radius 3 is 1.52 bits per heavy atom. The van der Waals surface area contributed by atoms with Crippen LogP contribution in [0.3, 0.4) is 0 Å². The maximum absolute atomic E-state index is 13.1. The van der Waals surface area contributed by atoms with E-state index in [0.29, 0.717) is 4.90 Å². The minimum Gasteiger partial charge on any atom is -0.343 e. The number of para-hydroxylation sites is 2. The van der Waals surface area contributed by atoms with Crippen LogP contribution in [0.2, 0.25) is 0 Å². The summed E-state index contributed by atoms with van der Waals surface area (Å²) < 4.78 is 118. The van der Waals surface area contributed by atoms with Crippen LogP contribution in [0.5, 0.6) is 0 Å². The number of anilines is 2. The van der Waals surface area contributed by atoms with Crippen molar-refractivity contribution in [2.45, 2.75) is 24.1 Å². The van der Waals surface area contributed by atoms with E-state index in [9.17, 15) is 39.5 Å². The topological polar surface area (TPSA) is 6.48 Å². The number of rotatable bonds is 1. The third-order valence-corrected chi connectivity index (χ3v) is 3.30. The van der Waals surface area contributed by atoms with Crippen molar-refractivity contribution in [3.8, 4) is 0 Å². The van der Waals surface area contributed by atoms with Gasteiger partial charge in [-0.3, -0.25) is 0 Å². The van der Waals surface area contributed by atoms with E-state index < -0.39 is 34.7 Å². The molecule has 2 nitrogen and oxygen atoms in total. The van der Waals surface area contributed by atoms with Crippen molar-refractivity contribution in [1.82, 2.24) is 0 Å². The maximum Gasteiger partial charge on any atom is 0.429 e. The van der Waals surface area contributed by atoms with Gasteiger partial charge in [-0.2, -0.15) is 39.5 Å². The zero-order valence-corrected chi connectivity index (χ0v) is 11.1. The molecule has 0 saturated carbocycles. The largest absolute Gasteiger partial charge is 0.429 e. The second-order valence-corrected chi connectivity index (χ2v) is 4.69. The molecule has 0 bridgehead atoms. The van der Waals surface area contributed by atoms with Gasteiger partial charge in [-0.15, -0.1) is 0 Å². The number of halogens is 9. The molecule has 0 aromatic heterocycles. The number of alkyl halides is 9. The Bertz CT molecular complexity index is 551. The van der Waals surface area contributed by atoms with Gasteiger partial charge in [0.2, 0.25) is 6.67 Å². The summed E-state index contributed by atoms with van der Waals surface area (Å²) in [5, 5.41) is 0. The van der Waals surface area contributed by atoms with Gasteiger partial charge in [0.1, 0.15) is 0 Å². The molecular weight excluding hydrogens is 343 g/mol. The van der Waals surface area contributed by atoms with Gasteiger partial charge in [0.15, 0.2) is 0 Å². The molecular formula is C12H7F9N2. The normalized spacial score (nSPS) is 16.8. The molecule has 0 atom stereocenters. The lowest BCUT2D eigenvalue weighted by Crippen LogP contribution is -2.74. The standard InChI is InChI=1S/C12H7F9N2/c1-22-6-23(8-5-3-2-4-7(8)22)9(10(13,14)15,11(16,17)18)12(19,20)21/h2-5H,1H3. The first kappa shape index (κ1) is 17.5. The fourth-order valence-electron chi connectivity index (χ4n) is 2.31. The predicted molar refractivity (Wildman–Crippen MR) is 61.5 cm³/mol. The highest BCUT2D eigenvalue weighted by Crippen LogP contribution is 2.59. The molecule has 1 heterocycles. The van der Waals surface area contributed by atoms with Crippen LogP contribution in [0.25, 0.3) is 0 Å². The molecule has 0 fully saturated rings. The SMILES string of the molecule is CN1[C]N(C(C(F)(F)F)(C(F)(F)F)C(F)(F)F)c2ccccc21. The molecule has 2 rings (SSSR count). The number of nitrogens with zero attached hydrogens (tertiary/aromatic N) is 2. The summed E-state index contributed by atoms with van der Waals surface area (Å²) in [6.07, 6.45) is -20.1. The molecule has 0 spiro atoms. The Labute approximate surface area is 124 Å². The van der Waals surface area contributed by atoms with E-state index in [0.717, 1.165) is 25.2 Å². The first-order valence-corrected chi connectivity index (χ1v) is 5.84. The Kier molecular flexibility index (Phi) is 3.69. The summed E-state index contributed by atoms with van der Waals surface area (Å²) in [5.41, 5.74) is -7.27. The van der Waals surface area contributed by atoms with Crippen molar-refractivity contribution in [1.29, 1.82) is 0 Å². The first-order valence-electron chi connectivity index (χ1n) is 5.84. The monoisotopic (exact) mass is 350 g/mol. The second kappa shape index (κ2) is 4.84. The van der Waals surface area contributed by atoms with Crippen molar-refractivity contribution in [3.05, 3.63) is 30.9 Å². The highest BCUT2D eigenvalue weighted by atomic mass is 19.4. The molecule has 2 radical (unpaired) electrons. The fraction of sp³-hybridized carbons (Fsp3) is 0.417. The predicted octanol–water partition coefficient (Wildman–Crippen LogP) is 4.36. The summed E-state index contributed by atoms with van der Waals surface area (Å²) in [4.78, 5) is -0.310. The molecule has 11 heteroatoms. The van der Waals surface area contributed by atoms with Crippen LogP contribution in [0, 0.1) is 6.67 Å². The van der Waals surface area contributed by atoms with Crippen LogP contribution < -0.4 is 9.80 Å². The minimum absolute atomic E-state index is 0.269. The Hall–Kier alpha value is -1.81. The van der Waals surface area contributed by atoms with Gasteiger partial charge in [-0.25, -0.2) is 0 Å². The zero-order chi connectivity index (χ0) is 17.8.